The molecule has 1 fully saturated rings. The Morgan fingerprint density at radius 3 is 2.54 bits per heavy atom. The lowest BCUT2D eigenvalue weighted by atomic mass is 10.1. The Hall–Kier alpha value is -3.23. The van der Waals surface area contributed by atoms with Crippen LogP contribution in [0.15, 0.2) is 29.1 Å². The molecular formula is C19H21FN4O4. The second-order valence-electron chi connectivity index (χ2n) is 6.45. The maximum atomic E-state index is 14.2. The van der Waals surface area contributed by atoms with E-state index in [1.807, 2.05) is 0 Å². The van der Waals surface area contributed by atoms with Crippen molar-refractivity contribution in [2.45, 2.75) is 13.8 Å². The topological polar surface area (TPSA) is 95.6 Å². The van der Waals surface area contributed by atoms with Gasteiger partial charge in [-0.25, -0.2) is 14.0 Å². The van der Waals surface area contributed by atoms with Crippen LogP contribution in [-0.2, 0) is 4.74 Å². The number of carbonyl (C=O) groups is 2. The lowest BCUT2D eigenvalue weighted by Gasteiger charge is -2.33. The molecule has 1 saturated heterocycles. The molecule has 9 heteroatoms. The van der Waals surface area contributed by atoms with E-state index in [4.69, 9.17) is 4.74 Å². The Bertz CT molecular complexity index is 951. The van der Waals surface area contributed by atoms with Gasteiger partial charge in [-0.3, -0.25) is 4.79 Å². The van der Waals surface area contributed by atoms with Gasteiger partial charge < -0.3 is 19.5 Å². The van der Waals surface area contributed by atoms with Crippen molar-refractivity contribution in [1.82, 2.24) is 19.8 Å². The molecule has 0 bridgehead atoms. The Morgan fingerprint density at radius 2 is 1.86 bits per heavy atom. The first kappa shape index (κ1) is 19.5. The van der Waals surface area contributed by atoms with Crippen LogP contribution >= 0.6 is 0 Å². The summed E-state index contributed by atoms with van der Waals surface area (Å²) in [5, 5.41) is 0. The highest BCUT2D eigenvalue weighted by Gasteiger charge is 2.26. The van der Waals surface area contributed by atoms with Gasteiger partial charge >= 0.3 is 11.8 Å². The van der Waals surface area contributed by atoms with Gasteiger partial charge in [0.05, 0.1) is 12.3 Å². The van der Waals surface area contributed by atoms with E-state index in [-0.39, 0.29) is 23.6 Å². The third kappa shape index (κ3) is 4.19. The molecule has 0 spiro atoms. The van der Waals surface area contributed by atoms with Crippen molar-refractivity contribution < 1.29 is 18.7 Å². The number of benzene rings is 1. The number of H-pyrrole nitrogens is 1. The van der Waals surface area contributed by atoms with Gasteiger partial charge in [-0.15, -0.1) is 0 Å². The van der Waals surface area contributed by atoms with Crippen molar-refractivity contribution in [3.63, 3.8) is 0 Å². The number of hydrogen-bond donors (Lipinski definition) is 1. The van der Waals surface area contributed by atoms with Crippen LogP contribution < -0.4 is 5.69 Å². The number of rotatable bonds is 3. The van der Waals surface area contributed by atoms with Crippen molar-refractivity contribution in [2.24, 2.45) is 0 Å². The summed E-state index contributed by atoms with van der Waals surface area (Å²) >= 11 is 0. The molecule has 2 heterocycles. The molecule has 2 aromatic rings. The summed E-state index contributed by atoms with van der Waals surface area (Å²) in [5.74, 6) is -0.928. The SMILES string of the molecule is CCOC(=O)N1CCN(C(=O)c2cc(-c3cc(C)ccc3F)nc(=O)[nH]2)CC1. The number of hydrogen-bond acceptors (Lipinski definition) is 5. The smallest absolute Gasteiger partial charge is 0.409 e. The number of halogens is 1. The van der Waals surface area contributed by atoms with E-state index in [0.717, 1.165) is 5.56 Å². The third-order valence-corrected chi connectivity index (χ3v) is 4.47. The summed E-state index contributed by atoms with van der Waals surface area (Å²) in [6, 6.07) is 5.85. The third-order valence-electron chi connectivity index (χ3n) is 4.47. The molecule has 1 aromatic carbocycles. The van der Waals surface area contributed by atoms with Crippen LogP contribution in [0.25, 0.3) is 11.3 Å². The molecular weight excluding hydrogens is 367 g/mol. The summed E-state index contributed by atoms with van der Waals surface area (Å²) in [7, 11) is 0. The molecule has 1 N–H and O–H groups in total. The molecule has 0 atom stereocenters. The average molecular weight is 388 g/mol. The van der Waals surface area contributed by atoms with E-state index in [0.29, 0.717) is 26.2 Å². The fourth-order valence-corrected chi connectivity index (χ4v) is 3.02. The standard InChI is InChI=1S/C19H21FN4O4/c1-3-28-19(27)24-8-6-23(7-9-24)17(25)16-11-15(21-18(26)22-16)13-10-12(2)4-5-14(13)20/h4-5,10-11H,3,6-9H2,1-2H3,(H,21,22,26). The zero-order chi connectivity index (χ0) is 20.3. The van der Waals surface area contributed by atoms with Gasteiger partial charge in [0.2, 0.25) is 0 Å². The number of amides is 2. The van der Waals surface area contributed by atoms with E-state index >= 15 is 0 Å². The van der Waals surface area contributed by atoms with Crippen LogP contribution in [0.2, 0.25) is 0 Å². The molecule has 2 amide bonds. The van der Waals surface area contributed by atoms with E-state index in [1.165, 1.54) is 21.9 Å². The molecule has 0 radical (unpaired) electrons. The normalized spacial score (nSPS) is 14.1. The predicted molar refractivity (Wildman–Crippen MR) is 99.5 cm³/mol. The van der Waals surface area contributed by atoms with Crippen molar-refractivity contribution in [2.75, 3.05) is 32.8 Å². The Labute approximate surface area is 160 Å². The summed E-state index contributed by atoms with van der Waals surface area (Å²) in [6.07, 6.45) is -0.413. The summed E-state index contributed by atoms with van der Waals surface area (Å²) < 4.78 is 19.1. The fourth-order valence-electron chi connectivity index (χ4n) is 3.02. The van der Waals surface area contributed by atoms with E-state index in [1.54, 1.807) is 26.0 Å². The highest BCUT2D eigenvalue weighted by Crippen LogP contribution is 2.22. The number of piperazine rings is 1. The fraction of sp³-hybridized carbons (Fsp3) is 0.368. The number of ether oxygens (including phenoxy) is 1. The first-order valence-electron chi connectivity index (χ1n) is 8.98. The molecule has 28 heavy (non-hydrogen) atoms. The van der Waals surface area contributed by atoms with Crippen molar-refractivity contribution in [1.29, 1.82) is 0 Å². The van der Waals surface area contributed by atoms with Gasteiger partial charge in [0.15, 0.2) is 0 Å². The van der Waals surface area contributed by atoms with Crippen LogP contribution in [0.3, 0.4) is 0 Å². The highest BCUT2D eigenvalue weighted by molar-refractivity contribution is 5.93. The second-order valence-corrected chi connectivity index (χ2v) is 6.45. The van der Waals surface area contributed by atoms with Crippen LogP contribution in [0.5, 0.6) is 0 Å². The Balaban J connectivity index is 1.80. The molecule has 0 unspecified atom stereocenters. The van der Waals surface area contributed by atoms with Crippen LogP contribution in [-0.4, -0.2) is 64.6 Å². The van der Waals surface area contributed by atoms with Crippen molar-refractivity contribution >= 4 is 12.0 Å². The minimum Gasteiger partial charge on any atom is -0.450 e. The zero-order valence-corrected chi connectivity index (χ0v) is 15.7. The maximum absolute atomic E-state index is 14.2. The van der Waals surface area contributed by atoms with Crippen LogP contribution in [0.4, 0.5) is 9.18 Å². The van der Waals surface area contributed by atoms with Gasteiger partial charge in [0, 0.05) is 31.7 Å². The monoisotopic (exact) mass is 388 g/mol. The number of aryl methyl sites for hydroxylation is 1. The molecule has 3 rings (SSSR count). The van der Waals surface area contributed by atoms with Crippen molar-refractivity contribution in [3.05, 3.63) is 51.8 Å². The summed E-state index contributed by atoms with van der Waals surface area (Å²) in [4.78, 5) is 45.8. The van der Waals surface area contributed by atoms with Gasteiger partial charge in [0.25, 0.3) is 5.91 Å². The highest BCUT2D eigenvalue weighted by atomic mass is 19.1. The molecule has 0 saturated carbocycles. The average Bonchev–Trinajstić information content (AvgIpc) is 2.69. The predicted octanol–water partition coefficient (Wildman–Crippen LogP) is 1.80. The van der Waals surface area contributed by atoms with Crippen LogP contribution in [0, 0.1) is 12.7 Å². The van der Waals surface area contributed by atoms with E-state index < -0.39 is 23.5 Å². The number of carbonyl (C=O) groups excluding carboxylic acids is 2. The van der Waals surface area contributed by atoms with Gasteiger partial charge in [-0.1, -0.05) is 11.6 Å². The molecule has 0 aliphatic carbocycles. The first-order valence-corrected chi connectivity index (χ1v) is 8.98. The molecule has 1 aliphatic heterocycles. The quantitative estimate of drug-likeness (QED) is 0.865. The minimum absolute atomic E-state index is 0.0282. The summed E-state index contributed by atoms with van der Waals surface area (Å²) in [5.41, 5.74) is 0.361. The van der Waals surface area contributed by atoms with E-state index in [2.05, 4.69) is 9.97 Å². The number of nitrogens with zero attached hydrogens (tertiary/aromatic N) is 3. The molecule has 1 aromatic heterocycles. The van der Waals surface area contributed by atoms with Gasteiger partial charge in [-0.2, -0.15) is 4.98 Å². The molecule has 1 aliphatic rings. The number of aromatic nitrogens is 2. The lowest BCUT2D eigenvalue weighted by molar-refractivity contribution is 0.0565. The van der Waals surface area contributed by atoms with E-state index in [9.17, 15) is 18.8 Å². The molecule has 8 nitrogen and oxygen atoms in total. The number of aromatic amines is 1. The zero-order valence-electron chi connectivity index (χ0n) is 15.7. The van der Waals surface area contributed by atoms with Gasteiger partial charge in [0.1, 0.15) is 11.5 Å². The van der Waals surface area contributed by atoms with Crippen molar-refractivity contribution in [3.8, 4) is 11.3 Å². The second kappa shape index (κ2) is 8.20. The number of nitrogens with one attached hydrogen (secondary N) is 1. The van der Waals surface area contributed by atoms with Gasteiger partial charge in [-0.05, 0) is 32.0 Å². The first-order chi connectivity index (χ1) is 13.4. The largest absolute Gasteiger partial charge is 0.450 e. The van der Waals surface area contributed by atoms with Crippen LogP contribution in [0.1, 0.15) is 23.0 Å². The Morgan fingerprint density at radius 1 is 1.18 bits per heavy atom. The minimum atomic E-state index is -0.730. The Kier molecular flexibility index (Phi) is 5.72. The molecule has 148 valence electrons. The summed E-state index contributed by atoms with van der Waals surface area (Å²) in [6.45, 7) is 5.08. The lowest BCUT2D eigenvalue weighted by Crippen LogP contribution is -2.51. The maximum Gasteiger partial charge on any atom is 0.409 e.